The zero-order valence-corrected chi connectivity index (χ0v) is 30.2. The van der Waals surface area contributed by atoms with Crippen molar-refractivity contribution in [3.05, 3.63) is 23.3 Å². The Bertz CT molecular complexity index is 1200. The number of nitrogens with zero attached hydrogens (tertiary/aromatic N) is 1. The van der Waals surface area contributed by atoms with Crippen molar-refractivity contribution >= 4 is 23.4 Å². The summed E-state index contributed by atoms with van der Waals surface area (Å²) in [4.78, 5) is 56.2. The van der Waals surface area contributed by atoms with Crippen LogP contribution in [0.2, 0.25) is 0 Å². The lowest BCUT2D eigenvalue weighted by Crippen LogP contribution is -2.64. The third kappa shape index (κ3) is 9.84. The predicted octanol–water partition coefficient (Wildman–Crippen LogP) is 4.46. The van der Waals surface area contributed by atoms with E-state index in [1.54, 1.807) is 6.92 Å². The molecule has 3 aliphatic heterocycles. The minimum atomic E-state index is -2.45. The molecule has 3 heterocycles. The van der Waals surface area contributed by atoms with Crippen molar-refractivity contribution in [1.29, 1.82) is 0 Å². The molecule has 0 aromatic carbocycles. The number of allylic oxidation sites excluding steroid dienone is 3. The summed E-state index contributed by atoms with van der Waals surface area (Å²) in [5.41, 5.74) is 1.74. The molecule has 0 aliphatic carbocycles. The molecule has 3 rings (SSSR count). The summed E-state index contributed by atoms with van der Waals surface area (Å²) in [6, 6.07) is -1.06. The van der Waals surface area contributed by atoms with Gasteiger partial charge in [-0.1, -0.05) is 45.4 Å². The van der Waals surface area contributed by atoms with Crippen LogP contribution in [0.1, 0.15) is 106 Å². The monoisotopic (exact) mass is 677 g/mol. The van der Waals surface area contributed by atoms with Crippen LogP contribution in [0.15, 0.2) is 23.3 Å². The van der Waals surface area contributed by atoms with Gasteiger partial charge in [-0.25, -0.2) is 4.79 Å². The summed E-state index contributed by atoms with van der Waals surface area (Å²) in [6.45, 7) is 11.5. The molecule has 0 aromatic rings. The van der Waals surface area contributed by atoms with Crippen LogP contribution >= 0.6 is 0 Å². The number of hydrogen-bond acceptors (Lipinski definition) is 10. The quantitative estimate of drug-likeness (QED) is 0.243. The second-order valence-corrected chi connectivity index (χ2v) is 14.4. The summed E-state index contributed by atoms with van der Waals surface area (Å²) in [7, 11) is 3.06. The number of carbonyl (C=O) groups is 4. The molecule has 2 saturated heterocycles. The van der Waals surface area contributed by atoms with Crippen molar-refractivity contribution in [2.75, 3.05) is 20.8 Å². The number of fused-ring (bicyclic) bond motifs is 3. The van der Waals surface area contributed by atoms with Gasteiger partial charge in [0.25, 0.3) is 11.7 Å². The number of Topliss-reactive ketones (excluding diaryl/α,β-unsaturated/α-hetero) is 2. The van der Waals surface area contributed by atoms with Crippen molar-refractivity contribution < 1.29 is 48.3 Å². The topological polar surface area (TPSA) is 149 Å². The van der Waals surface area contributed by atoms with Gasteiger partial charge in [-0.05, 0) is 76.7 Å². The fourth-order valence-electron chi connectivity index (χ4n) is 7.32. The number of hydrogen-bond donors (Lipinski definition) is 2. The minimum absolute atomic E-state index is 0.0107. The van der Waals surface area contributed by atoms with Gasteiger partial charge in [-0.3, -0.25) is 14.4 Å². The first-order valence-corrected chi connectivity index (χ1v) is 17.7. The average Bonchev–Trinajstić information content (AvgIpc) is 3.04. The second kappa shape index (κ2) is 18.0. The summed E-state index contributed by atoms with van der Waals surface area (Å²) >= 11 is 0. The number of carbonyl (C=O) groups excluding carboxylic acids is 4. The number of ether oxygens (including phenoxy) is 4. The highest BCUT2D eigenvalue weighted by Gasteiger charge is 2.56. The maximum absolute atomic E-state index is 13.9. The van der Waals surface area contributed by atoms with Crippen LogP contribution in [-0.4, -0.2) is 102 Å². The number of rotatable bonds is 5. The minimum Gasteiger partial charge on any atom is -0.456 e. The SMILES string of the molecule is CCC1/C=C(\C)CCC[C@H](OC)C2OC(O)(C(=O)C(=O)N3CCCC[C@H]3C(=O)O[C@H](/C(C)=C/C(C)C)C[C@@H](O)CC1=O)C(C)CC2OC. The number of esters is 1. The molecule has 48 heavy (non-hydrogen) atoms. The lowest BCUT2D eigenvalue weighted by molar-refractivity contribution is -0.302. The van der Waals surface area contributed by atoms with Gasteiger partial charge in [0.05, 0.1) is 18.3 Å². The third-order valence-electron chi connectivity index (χ3n) is 10.1. The van der Waals surface area contributed by atoms with Gasteiger partial charge in [0, 0.05) is 45.4 Å². The fraction of sp³-hybridized carbons (Fsp3) is 0.784. The van der Waals surface area contributed by atoms with Gasteiger partial charge in [-0.15, -0.1) is 0 Å². The Hall–Kier alpha value is -2.44. The summed E-state index contributed by atoms with van der Waals surface area (Å²) in [5.74, 6) is -6.41. The lowest BCUT2D eigenvalue weighted by atomic mass is 9.83. The van der Waals surface area contributed by atoms with E-state index in [9.17, 15) is 29.4 Å². The molecule has 2 fully saturated rings. The zero-order chi connectivity index (χ0) is 35.8. The lowest BCUT2D eigenvalue weighted by Gasteiger charge is -2.46. The average molecular weight is 678 g/mol. The van der Waals surface area contributed by atoms with E-state index in [2.05, 4.69) is 0 Å². The Morgan fingerprint density at radius 2 is 1.77 bits per heavy atom. The van der Waals surface area contributed by atoms with Crippen molar-refractivity contribution in [3.8, 4) is 0 Å². The number of amides is 1. The number of ketones is 2. The molecule has 0 spiro atoms. The molecular formula is C37H59NO10. The maximum Gasteiger partial charge on any atom is 0.329 e. The third-order valence-corrected chi connectivity index (χ3v) is 10.1. The molecule has 1 amide bonds. The first-order chi connectivity index (χ1) is 22.7. The fourth-order valence-corrected chi connectivity index (χ4v) is 7.32. The van der Waals surface area contributed by atoms with Gasteiger partial charge < -0.3 is 34.1 Å². The first-order valence-electron chi connectivity index (χ1n) is 17.7. The highest BCUT2D eigenvalue weighted by Crippen LogP contribution is 2.38. The van der Waals surface area contributed by atoms with E-state index in [1.807, 2.05) is 46.8 Å². The molecule has 2 N–H and O–H groups in total. The number of piperidine rings is 1. The molecule has 272 valence electrons. The van der Waals surface area contributed by atoms with Crippen LogP contribution in [0.5, 0.6) is 0 Å². The van der Waals surface area contributed by atoms with E-state index < -0.39 is 65.9 Å². The van der Waals surface area contributed by atoms with Crippen molar-refractivity contribution in [1.82, 2.24) is 4.90 Å². The number of methoxy groups -OCH3 is 2. The Labute approximate surface area is 286 Å². The number of cyclic esters (lactones) is 1. The molecule has 0 aromatic heterocycles. The van der Waals surface area contributed by atoms with Crippen molar-refractivity contribution in [3.63, 3.8) is 0 Å². The number of aliphatic hydroxyl groups is 2. The smallest absolute Gasteiger partial charge is 0.329 e. The Morgan fingerprint density at radius 3 is 2.40 bits per heavy atom. The van der Waals surface area contributed by atoms with Gasteiger partial charge in [0.1, 0.15) is 24.0 Å². The Morgan fingerprint density at radius 1 is 1.08 bits per heavy atom. The molecule has 11 heteroatoms. The summed E-state index contributed by atoms with van der Waals surface area (Å²) < 4.78 is 23.7. The standard InChI is InChI=1S/C37H59NO10/c1-9-26-18-23(4)13-12-15-30(45-7)33-32(46-8)19-25(6)37(44,48-33)34(41)35(42)38-16-11-10-14-28(38)36(43)47-31(24(5)17-22(2)3)21-27(39)20-29(26)40/h17-18,22,25-28,30-33,39,44H,9-16,19-21H2,1-8H3/b23-18+,24-17+/t25?,26?,27-,28-,30-,31-,32?,33?,37?/m0/s1. The zero-order valence-electron chi connectivity index (χ0n) is 30.2. The predicted molar refractivity (Wildman–Crippen MR) is 180 cm³/mol. The van der Waals surface area contributed by atoms with Crippen LogP contribution in [0.25, 0.3) is 0 Å². The second-order valence-electron chi connectivity index (χ2n) is 14.4. The molecule has 11 nitrogen and oxygen atoms in total. The van der Waals surface area contributed by atoms with Crippen LogP contribution < -0.4 is 0 Å². The first kappa shape index (κ1) is 40.0. The van der Waals surface area contributed by atoms with Gasteiger partial charge in [0.2, 0.25) is 5.79 Å². The van der Waals surface area contributed by atoms with Gasteiger partial charge in [-0.2, -0.15) is 0 Å². The normalized spacial score (nSPS) is 36.9. The van der Waals surface area contributed by atoms with E-state index in [0.717, 1.165) is 11.1 Å². The molecule has 5 unspecified atom stereocenters. The Kier molecular flexibility index (Phi) is 15.0. The van der Waals surface area contributed by atoms with E-state index in [-0.39, 0.29) is 49.8 Å². The Balaban J connectivity index is 2.05. The van der Waals surface area contributed by atoms with Crippen LogP contribution in [0, 0.1) is 17.8 Å². The van der Waals surface area contributed by atoms with E-state index in [0.29, 0.717) is 38.5 Å². The van der Waals surface area contributed by atoms with E-state index >= 15 is 0 Å². The van der Waals surface area contributed by atoms with Crippen LogP contribution in [-0.2, 0) is 38.1 Å². The highest BCUT2D eigenvalue weighted by molar-refractivity contribution is 6.39. The van der Waals surface area contributed by atoms with Crippen LogP contribution in [0.3, 0.4) is 0 Å². The largest absolute Gasteiger partial charge is 0.456 e. The van der Waals surface area contributed by atoms with Gasteiger partial charge >= 0.3 is 5.97 Å². The molecule has 0 radical (unpaired) electrons. The molecule has 0 saturated carbocycles. The van der Waals surface area contributed by atoms with E-state index in [1.165, 1.54) is 19.1 Å². The summed E-state index contributed by atoms with van der Waals surface area (Å²) in [5, 5.41) is 22.9. The molecule has 9 atom stereocenters. The van der Waals surface area contributed by atoms with Crippen LogP contribution in [0.4, 0.5) is 0 Å². The van der Waals surface area contributed by atoms with Crippen molar-refractivity contribution in [2.24, 2.45) is 17.8 Å². The van der Waals surface area contributed by atoms with E-state index in [4.69, 9.17) is 18.9 Å². The molecule has 3 aliphatic rings. The van der Waals surface area contributed by atoms with Crippen molar-refractivity contribution in [2.45, 2.75) is 148 Å². The molecular weight excluding hydrogens is 618 g/mol. The van der Waals surface area contributed by atoms with Gasteiger partial charge in [0.15, 0.2) is 0 Å². The maximum atomic E-state index is 13.9. The summed E-state index contributed by atoms with van der Waals surface area (Å²) in [6.07, 6.45) is 4.16. The number of aliphatic hydroxyl groups excluding tert-OH is 1. The highest BCUT2D eigenvalue weighted by atomic mass is 16.7. The molecule has 2 bridgehead atoms.